The highest BCUT2D eigenvalue weighted by Gasteiger charge is 2.35. The second-order valence-corrected chi connectivity index (χ2v) is 6.58. The Morgan fingerprint density at radius 1 is 1.40 bits per heavy atom. The lowest BCUT2D eigenvalue weighted by atomic mass is 9.82. The van der Waals surface area contributed by atoms with Gasteiger partial charge < -0.3 is 15.4 Å². The van der Waals surface area contributed by atoms with Gasteiger partial charge in [-0.2, -0.15) is 0 Å². The summed E-state index contributed by atoms with van der Waals surface area (Å²) in [6.07, 6.45) is 6.15. The molecule has 0 bridgehead atoms. The fraction of sp³-hybridized carbons (Fsp3) is 0.938. The van der Waals surface area contributed by atoms with Gasteiger partial charge in [0.25, 0.3) is 0 Å². The monoisotopic (exact) mass is 282 g/mol. The smallest absolute Gasteiger partial charge is 0.223 e. The van der Waals surface area contributed by atoms with Gasteiger partial charge in [-0.25, -0.2) is 0 Å². The Hall–Kier alpha value is -0.610. The normalized spacial score (nSPS) is 23.3. The zero-order valence-corrected chi connectivity index (χ0v) is 13.0. The minimum absolute atomic E-state index is 0.140. The first kappa shape index (κ1) is 15.8. The minimum Gasteiger partial charge on any atom is -0.382 e. The van der Waals surface area contributed by atoms with Gasteiger partial charge in [0.2, 0.25) is 5.91 Å². The van der Waals surface area contributed by atoms with Crippen LogP contribution in [0.1, 0.15) is 46.0 Å². The van der Waals surface area contributed by atoms with Crippen molar-refractivity contribution in [3.63, 3.8) is 0 Å². The Labute approximate surface area is 123 Å². The Balaban J connectivity index is 1.77. The first-order chi connectivity index (χ1) is 9.67. The summed E-state index contributed by atoms with van der Waals surface area (Å²) in [6, 6.07) is 0. The van der Waals surface area contributed by atoms with Crippen LogP contribution in [0.25, 0.3) is 0 Å². The van der Waals surface area contributed by atoms with Gasteiger partial charge in [0.05, 0.1) is 0 Å². The zero-order chi connectivity index (χ0) is 14.4. The van der Waals surface area contributed by atoms with Crippen molar-refractivity contribution in [2.75, 3.05) is 32.8 Å². The van der Waals surface area contributed by atoms with Gasteiger partial charge in [0, 0.05) is 25.7 Å². The molecule has 2 fully saturated rings. The van der Waals surface area contributed by atoms with E-state index in [1.54, 1.807) is 0 Å². The molecule has 20 heavy (non-hydrogen) atoms. The lowest BCUT2D eigenvalue weighted by Gasteiger charge is -2.34. The highest BCUT2D eigenvalue weighted by atomic mass is 16.5. The van der Waals surface area contributed by atoms with Crippen molar-refractivity contribution < 1.29 is 9.53 Å². The highest BCUT2D eigenvalue weighted by Crippen LogP contribution is 2.40. The summed E-state index contributed by atoms with van der Waals surface area (Å²) in [4.78, 5) is 12.2. The van der Waals surface area contributed by atoms with Crippen LogP contribution in [0.3, 0.4) is 0 Å². The number of amides is 1. The summed E-state index contributed by atoms with van der Waals surface area (Å²) in [5.41, 5.74) is 0.294. The van der Waals surface area contributed by atoms with Gasteiger partial charge in [-0.15, -0.1) is 0 Å². The summed E-state index contributed by atoms with van der Waals surface area (Å²) >= 11 is 0. The Kier molecular flexibility index (Phi) is 5.85. The molecular formula is C16H30N2O2. The number of carbonyl (C=O) groups excluding carboxylic acids is 1. The first-order valence-corrected chi connectivity index (χ1v) is 8.23. The number of rotatable bonds is 8. The molecule has 1 heterocycles. The van der Waals surface area contributed by atoms with Gasteiger partial charge in [-0.05, 0) is 50.6 Å². The Bertz CT molecular complexity index is 310. The molecule has 116 valence electrons. The zero-order valence-electron chi connectivity index (χ0n) is 13.0. The summed E-state index contributed by atoms with van der Waals surface area (Å²) in [7, 11) is 0. The van der Waals surface area contributed by atoms with Crippen LogP contribution >= 0.6 is 0 Å². The predicted molar refractivity (Wildman–Crippen MR) is 80.5 cm³/mol. The number of nitrogens with one attached hydrogen (secondary N) is 2. The van der Waals surface area contributed by atoms with Crippen LogP contribution in [0.2, 0.25) is 0 Å². The molecule has 1 atom stereocenters. The van der Waals surface area contributed by atoms with Crippen LogP contribution < -0.4 is 10.6 Å². The van der Waals surface area contributed by atoms with Crippen molar-refractivity contribution in [2.24, 2.45) is 17.3 Å². The maximum atomic E-state index is 12.2. The molecule has 0 spiro atoms. The molecular weight excluding hydrogens is 252 g/mol. The third-order valence-corrected chi connectivity index (χ3v) is 5.22. The molecule has 1 aliphatic carbocycles. The van der Waals surface area contributed by atoms with Crippen molar-refractivity contribution in [1.82, 2.24) is 10.6 Å². The average Bonchev–Trinajstić information content (AvgIpc) is 2.83. The average molecular weight is 282 g/mol. The maximum Gasteiger partial charge on any atom is 0.223 e. The Morgan fingerprint density at radius 3 is 2.65 bits per heavy atom. The molecule has 2 N–H and O–H groups in total. The van der Waals surface area contributed by atoms with E-state index in [0.29, 0.717) is 11.3 Å². The third kappa shape index (κ3) is 3.95. The molecule has 0 radical (unpaired) electrons. The van der Waals surface area contributed by atoms with E-state index in [9.17, 15) is 4.79 Å². The molecule has 4 nitrogen and oxygen atoms in total. The van der Waals surface area contributed by atoms with E-state index < -0.39 is 0 Å². The Morgan fingerprint density at radius 2 is 2.10 bits per heavy atom. The van der Waals surface area contributed by atoms with E-state index in [2.05, 4.69) is 17.6 Å². The van der Waals surface area contributed by atoms with Crippen molar-refractivity contribution in [2.45, 2.75) is 46.0 Å². The molecule has 4 heteroatoms. The van der Waals surface area contributed by atoms with Crippen molar-refractivity contribution >= 4 is 5.91 Å². The lowest BCUT2D eigenvalue weighted by Crippen LogP contribution is -2.50. The SMILES string of the molecule is CCOCCC1(CNC(=O)C(C)C2CNC2)CCCC1. The van der Waals surface area contributed by atoms with E-state index in [-0.39, 0.29) is 11.8 Å². The molecule has 1 aliphatic heterocycles. The van der Waals surface area contributed by atoms with E-state index in [4.69, 9.17) is 4.74 Å². The lowest BCUT2D eigenvalue weighted by molar-refractivity contribution is -0.127. The van der Waals surface area contributed by atoms with Crippen molar-refractivity contribution in [3.8, 4) is 0 Å². The van der Waals surface area contributed by atoms with Crippen LogP contribution in [0.5, 0.6) is 0 Å². The molecule has 2 aliphatic rings. The van der Waals surface area contributed by atoms with Crippen LogP contribution in [0.15, 0.2) is 0 Å². The van der Waals surface area contributed by atoms with E-state index in [1.807, 2.05) is 6.92 Å². The van der Waals surface area contributed by atoms with E-state index >= 15 is 0 Å². The van der Waals surface area contributed by atoms with Crippen molar-refractivity contribution in [3.05, 3.63) is 0 Å². The van der Waals surface area contributed by atoms with Crippen LogP contribution in [0, 0.1) is 17.3 Å². The highest BCUT2D eigenvalue weighted by molar-refractivity contribution is 5.78. The maximum absolute atomic E-state index is 12.2. The number of hydrogen-bond acceptors (Lipinski definition) is 3. The summed E-state index contributed by atoms with van der Waals surface area (Å²) in [6.45, 7) is 8.53. The van der Waals surface area contributed by atoms with E-state index in [1.165, 1.54) is 25.7 Å². The van der Waals surface area contributed by atoms with Gasteiger partial charge in [-0.1, -0.05) is 19.8 Å². The number of ether oxygens (including phenoxy) is 1. The second kappa shape index (κ2) is 7.41. The molecule has 1 amide bonds. The third-order valence-electron chi connectivity index (χ3n) is 5.22. The standard InChI is InChI=1S/C16H30N2O2/c1-3-20-9-8-16(6-4-5-7-16)12-18-15(19)13(2)14-10-17-11-14/h13-14,17H,3-12H2,1-2H3,(H,18,19). The fourth-order valence-electron chi connectivity index (χ4n) is 3.39. The molecule has 1 saturated carbocycles. The van der Waals surface area contributed by atoms with Crippen LogP contribution in [-0.2, 0) is 9.53 Å². The fourth-order valence-corrected chi connectivity index (χ4v) is 3.39. The molecule has 0 aromatic carbocycles. The van der Waals surface area contributed by atoms with Gasteiger partial charge in [0.1, 0.15) is 0 Å². The topological polar surface area (TPSA) is 50.4 Å². The quantitative estimate of drug-likeness (QED) is 0.669. The van der Waals surface area contributed by atoms with Gasteiger partial charge >= 0.3 is 0 Å². The van der Waals surface area contributed by atoms with Gasteiger partial charge in [-0.3, -0.25) is 4.79 Å². The molecule has 1 saturated heterocycles. The van der Waals surface area contributed by atoms with Crippen molar-refractivity contribution in [1.29, 1.82) is 0 Å². The first-order valence-electron chi connectivity index (χ1n) is 8.23. The number of carbonyl (C=O) groups is 1. The van der Waals surface area contributed by atoms with Crippen LogP contribution in [0.4, 0.5) is 0 Å². The van der Waals surface area contributed by atoms with Crippen LogP contribution in [-0.4, -0.2) is 38.8 Å². The van der Waals surface area contributed by atoms with Gasteiger partial charge in [0.15, 0.2) is 0 Å². The summed E-state index contributed by atoms with van der Waals surface area (Å²) in [5.74, 6) is 0.902. The molecule has 0 aromatic rings. The number of hydrogen-bond donors (Lipinski definition) is 2. The predicted octanol–water partition coefficient (Wildman–Crippen LogP) is 1.95. The molecule has 1 unspecified atom stereocenters. The minimum atomic E-state index is 0.140. The molecule has 2 rings (SSSR count). The largest absolute Gasteiger partial charge is 0.382 e. The second-order valence-electron chi connectivity index (χ2n) is 6.58. The summed E-state index contributed by atoms with van der Waals surface area (Å²) in [5, 5.41) is 6.46. The van der Waals surface area contributed by atoms with E-state index in [0.717, 1.165) is 39.3 Å². The summed E-state index contributed by atoms with van der Waals surface area (Å²) < 4.78 is 5.52. The molecule has 0 aromatic heterocycles.